The predicted octanol–water partition coefficient (Wildman–Crippen LogP) is 4.38. The summed E-state index contributed by atoms with van der Waals surface area (Å²) in [6.07, 6.45) is 3.26. The number of nitrogens with one attached hydrogen (secondary N) is 1. The van der Waals surface area contributed by atoms with Gasteiger partial charge in [0.15, 0.2) is 5.82 Å². The highest BCUT2D eigenvalue weighted by Crippen LogP contribution is 2.41. The number of methoxy groups -OCH3 is 1. The van der Waals surface area contributed by atoms with Crippen molar-refractivity contribution in [1.82, 2.24) is 19.8 Å². The van der Waals surface area contributed by atoms with Crippen LogP contribution in [-0.2, 0) is 4.79 Å². The number of benzene rings is 2. The Labute approximate surface area is 196 Å². The van der Waals surface area contributed by atoms with Crippen LogP contribution in [0.5, 0.6) is 5.75 Å². The molecule has 0 bridgehead atoms. The molecular formula is C23H24ClN5O2S. The van der Waals surface area contributed by atoms with Crippen molar-refractivity contribution in [2.75, 3.05) is 25.6 Å². The Bertz CT molecular complexity index is 1120. The van der Waals surface area contributed by atoms with Crippen LogP contribution in [0.2, 0.25) is 5.02 Å². The molecule has 1 aromatic heterocycles. The second-order valence-electron chi connectivity index (χ2n) is 7.93. The van der Waals surface area contributed by atoms with E-state index in [9.17, 15) is 4.79 Å². The monoisotopic (exact) mass is 469 g/mol. The largest absolute Gasteiger partial charge is 0.495 e. The fourth-order valence-electron chi connectivity index (χ4n) is 4.24. The van der Waals surface area contributed by atoms with Gasteiger partial charge < -0.3 is 15.1 Å². The average Bonchev–Trinajstić information content (AvgIpc) is 3.27. The van der Waals surface area contributed by atoms with Gasteiger partial charge in [-0.3, -0.25) is 4.79 Å². The molecule has 1 amide bonds. The lowest BCUT2D eigenvalue weighted by Gasteiger charge is -2.37. The summed E-state index contributed by atoms with van der Waals surface area (Å²) in [6, 6.07) is 15.3. The molecule has 2 aliphatic rings. The number of piperidine rings is 1. The first kappa shape index (κ1) is 21.2. The van der Waals surface area contributed by atoms with Crippen molar-refractivity contribution in [2.45, 2.75) is 35.7 Å². The van der Waals surface area contributed by atoms with Gasteiger partial charge in [0, 0.05) is 18.7 Å². The van der Waals surface area contributed by atoms with Gasteiger partial charge in [-0.05, 0) is 37.0 Å². The lowest BCUT2D eigenvalue weighted by Crippen LogP contribution is -2.47. The van der Waals surface area contributed by atoms with Crippen LogP contribution in [0.1, 0.15) is 30.9 Å². The number of halogens is 1. The number of carbonyl (C=O) groups excluding carboxylic acids is 1. The molecule has 0 spiro atoms. The van der Waals surface area contributed by atoms with E-state index in [4.69, 9.17) is 16.3 Å². The summed E-state index contributed by atoms with van der Waals surface area (Å²) in [5.41, 5.74) is 5.38. The van der Waals surface area contributed by atoms with E-state index in [2.05, 4.69) is 15.6 Å². The molecule has 3 heterocycles. The zero-order valence-electron chi connectivity index (χ0n) is 17.7. The number of hydrogen-bond acceptors (Lipinski definition) is 6. The lowest BCUT2D eigenvalue weighted by molar-refractivity contribution is -0.131. The minimum atomic E-state index is -0.377. The summed E-state index contributed by atoms with van der Waals surface area (Å²) in [7, 11) is 1.59. The topological polar surface area (TPSA) is 72.3 Å². The zero-order valence-corrected chi connectivity index (χ0v) is 19.3. The Balaban J connectivity index is 1.54. The number of likely N-dealkylation sites (tertiary alicyclic amines) is 1. The molecule has 0 radical (unpaired) electrons. The van der Waals surface area contributed by atoms with Gasteiger partial charge in [0.25, 0.3) is 0 Å². The summed E-state index contributed by atoms with van der Waals surface area (Å²) in [5, 5.41) is 9.60. The molecule has 1 saturated heterocycles. The van der Waals surface area contributed by atoms with E-state index < -0.39 is 0 Å². The molecular weight excluding hydrogens is 446 g/mol. The Hall–Kier alpha value is -2.71. The van der Waals surface area contributed by atoms with Crippen molar-refractivity contribution >= 4 is 29.3 Å². The Morgan fingerprint density at radius 3 is 2.62 bits per heavy atom. The third-order valence-corrected chi connectivity index (χ3v) is 7.41. The molecule has 32 heavy (non-hydrogen) atoms. The quantitative estimate of drug-likeness (QED) is 0.611. The number of aromatic nitrogens is 3. The van der Waals surface area contributed by atoms with E-state index >= 15 is 0 Å². The van der Waals surface area contributed by atoms with Gasteiger partial charge in [0.2, 0.25) is 11.1 Å². The molecule has 2 aromatic carbocycles. The summed E-state index contributed by atoms with van der Waals surface area (Å²) >= 11 is 7.90. The van der Waals surface area contributed by atoms with Crippen LogP contribution >= 0.6 is 23.4 Å². The van der Waals surface area contributed by atoms with E-state index in [-0.39, 0.29) is 17.2 Å². The normalized spacial score (nSPS) is 20.4. The van der Waals surface area contributed by atoms with Crippen molar-refractivity contribution < 1.29 is 9.53 Å². The third kappa shape index (κ3) is 3.93. The molecule has 0 saturated carbocycles. The van der Waals surface area contributed by atoms with Crippen LogP contribution in [0.25, 0.3) is 11.4 Å². The maximum absolute atomic E-state index is 13.6. The fraction of sp³-hybridized carbons (Fsp3) is 0.348. The third-order valence-electron chi connectivity index (χ3n) is 5.91. The SMILES string of the molecule is COc1ccc([C@H]2Nn3c(nnc3-c3ccccc3)S[C@@H]2C(=O)N2CCCCC2)cc1Cl. The minimum Gasteiger partial charge on any atom is -0.495 e. The molecule has 2 aliphatic heterocycles. The maximum Gasteiger partial charge on any atom is 0.238 e. The second-order valence-corrected chi connectivity index (χ2v) is 9.45. The number of thioether (sulfide) groups is 1. The van der Waals surface area contributed by atoms with Crippen LogP contribution in [-0.4, -0.2) is 51.1 Å². The van der Waals surface area contributed by atoms with Gasteiger partial charge in [0.05, 0.1) is 18.2 Å². The lowest BCUT2D eigenvalue weighted by atomic mass is 10.0. The van der Waals surface area contributed by atoms with E-state index in [0.29, 0.717) is 21.8 Å². The minimum absolute atomic E-state index is 0.120. The van der Waals surface area contributed by atoms with Gasteiger partial charge in [-0.2, -0.15) is 0 Å². The van der Waals surface area contributed by atoms with Crippen LogP contribution in [0, 0.1) is 0 Å². The average molecular weight is 470 g/mol. The molecule has 5 rings (SSSR count). The summed E-state index contributed by atoms with van der Waals surface area (Å²) < 4.78 is 7.20. The summed E-state index contributed by atoms with van der Waals surface area (Å²) in [5.74, 6) is 1.43. The Morgan fingerprint density at radius 2 is 1.91 bits per heavy atom. The molecule has 0 aliphatic carbocycles. The van der Waals surface area contributed by atoms with E-state index in [1.807, 2.05) is 58.1 Å². The second kappa shape index (κ2) is 9.03. The molecule has 9 heteroatoms. The highest BCUT2D eigenvalue weighted by molar-refractivity contribution is 8.00. The van der Waals surface area contributed by atoms with Gasteiger partial charge in [0.1, 0.15) is 11.0 Å². The van der Waals surface area contributed by atoms with Gasteiger partial charge in [-0.15, -0.1) is 10.2 Å². The number of fused-ring (bicyclic) bond motifs is 1. The Kier molecular flexibility index (Phi) is 5.97. The van der Waals surface area contributed by atoms with Crippen molar-refractivity contribution in [3.8, 4) is 17.1 Å². The number of carbonyl (C=O) groups is 1. The molecule has 0 unspecified atom stereocenters. The maximum atomic E-state index is 13.6. The standard InChI is InChI=1S/C23H24ClN5O2S/c1-31-18-11-10-16(14-17(18)24)19-20(22(30)28-12-6-3-7-13-28)32-23-26-25-21(29(23)27-19)15-8-4-2-5-9-15/h2,4-5,8-11,14,19-20,27H,3,6-7,12-13H2,1H3/t19-,20+/m1/s1. The Morgan fingerprint density at radius 1 is 1.12 bits per heavy atom. The number of hydrogen-bond donors (Lipinski definition) is 1. The number of nitrogens with zero attached hydrogens (tertiary/aromatic N) is 4. The predicted molar refractivity (Wildman–Crippen MR) is 126 cm³/mol. The van der Waals surface area contributed by atoms with Crippen LogP contribution < -0.4 is 10.2 Å². The molecule has 2 atom stereocenters. The first-order chi connectivity index (χ1) is 15.7. The van der Waals surface area contributed by atoms with Crippen molar-refractivity contribution in [3.63, 3.8) is 0 Å². The van der Waals surface area contributed by atoms with E-state index in [1.165, 1.54) is 18.2 Å². The van der Waals surface area contributed by atoms with Gasteiger partial charge >= 0.3 is 0 Å². The van der Waals surface area contributed by atoms with Crippen molar-refractivity contribution in [2.24, 2.45) is 0 Å². The molecule has 1 N–H and O–H groups in total. The fourth-order valence-corrected chi connectivity index (χ4v) is 5.67. The van der Waals surface area contributed by atoms with Crippen LogP contribution in [0.15, 0.2) is 53.7 Å². The first-order valence-corrected chi connectivity index (χ1v) is 12.0. The van der Waals surface area contributed by atoms with E-state index in [1.54, 1.807) is 7.11 Å². The van der Waals surface area contributed by atoms with Crippen molar-refractivity contribution in [1.29, 1.82) is 0 Å². The zero-order chi connectivity index (χ0) is 22.1. The number of rotatable bonds is 4. The molecule has 1 fully saturated rings. The van der Waals surface area contributed by atoms with Gasteiger partial charge in [-0.25, -0.2) is 4.68 Å². The van der Waals surface area contributed by atoms with Crippen LogP contribution in [0.4, 0.5) is 0 Å². The number of amides is 1. The molecule has 7 nitrogen and oxygen atoms in total. The van der Waals surface area contributed by atoms with Gasteiger partial charge in [-0.1, -0.05) is 59.8 Å². The van der Waals surface area contributed by atoms with Crippen molar-refractivity contribution in [3.05, 3.63) is 59.1 Å². The molecule has 3 aromatic rings. The number of ether oxygens (including phenoxy) is 1. The summed E-state index contributed by atoms with van der Waals surface area (Å²) in [4.78, 5) is 15.6. The van der Waals surface area contributed by atoms with E-state index in [0.717, 1.165) is 37.1 Å². The smallest absolute Gasteiger partial charge is 0.238 e. The first-order valence-electron chi connectivity index (χ1n) is 10.7. The molecule has 166 valence electrons. The highest BCUT2D eigenvalue weighted by atomic mass is 35.5. The highest BCUT2D eigenvalue weighted by Gasteiger charge is 2.40. The summed E-state index contributed by atoms with van der Waals surface area (Å²) in [6.45, 7) is 1.60. The van der Waals surface area contributed by atoms with Crippen LogP contribution in [0.3, 0.4) is 0 Å².